The zero-order chi connectivity index (χ0) is 14.3. The first-order valence-corrected chi connectivity index (χ1v) is 5.58. The molecule has 1 saturated heterocycles. The maximum absolute atomic E-state index is 11.2. The van der Waals surface area contributed by atoms with Gasteiger partial charge in [0.1, 0.15) is 11.6 Å². The fourth-order valence-electron chi connectivity index (χ4n) is 1.18. The SMILES string of the molecule is CC(=O)O.CC(C)(C)OC(=O)N[C@H]1CCNC1=O. The molecular weight excluding hydrogens is 240 g/mol. The van der Waals surface area contributed by atoms with Gasteiger partial charge in [0.15, 0.2) is 0 Å². The standard InChI is InChI=1S/C9H16N2O3.C2H4O2/c1-9(2,3)14-8(13)11-6-4-5-10-7(6)12;1-2(3)4/h6H,4-5H2,1-3H3,(H,10,12)(H,11,13);1H3,(H,3,4)/t6-;/m0./s1. The molecule has 3 N–H and O–H groups in total. The Kier molecular flexibility index (Phi) is 6.15. The summed E-state index contributed by atoms with van der Waals surface area (Å²) in [6, 6.07) is -0.440. The van der Waals surface area contributed by atoms with Gasteiger partial charge in [0, 0.05) is 13.5 Å². The van der Waals surface area contributed by atoms with E-state index in [4.69, 9.17) is 14.6 Å². The quantitative estimate of drug-likeness (QED) is 0.636. The number of amides is 2. The van der Waals surface area contributed by atoms with Crippen LogP contribution in [0, 0.1) is 0 Å². The van der Waals surface area contributed by atoms with E-state index in [1.807, 2.05) is 0 Å². The number of hydrogen-bond acceptors (Lipinski definition) is 4. The lowest BCUT2D eigenvalue weighted by Crippen LogP contribution is -2.42. The van der Waals surface area contributed by atoms with Gasteiger partial charge < -0.3 is 20.5 Å². The molecule has 1 atom stereocenters. The third kappa shape index (κ3) is 8.37. The molecule has 104 valence electrons. The molecule has 0 saturated carbocycles. The maximum Gasteiger partial charge on any atom is 0.408 e. The number of carbonyl (C=O) groups excluding carboxylic acids is 2. The molecule has 1 aliphatic rings. The van der Waals surface area contributed by atoms with Crippen LogP contribution in [-0.4, -0.2) is 41.3 Å². The van der Waals surface area contributed by atoms with Gasteiger partial charge in [-0.25, -0.2) is 4.79 Å². The van der Waals surface area contributed by atoms with Crippen molar-refractivity contribution in [1.29, 1.82) is 0 Å². The van der Waals surface area contributed by atoms with Gasteiger partial charge in [0.25, 0.3) is 5.97 Å². The molecule has 1 heterocycles. The molecule has 0 aromatic carbocycles. The summed E-state index contributed by atoms with van der Waals surface area (Å²) < 4.78 is 5.02. The van der Waals surface area contributed by atoms with Crippen LogP contribution in [0.25, 0.3) is 0 Å². The molecule has 0 aromatic rings. The van der Waals surface area contributed by atoms with Crippen LogP contribution in [0.4, 0.5) is 4.79 Å². The minimum absolute atomic E-state index is 0.143. The number of carbonyl (C=O) groups is 3. The summed E-state index contributed by atoms with van der Waals surface area (Å²) in [4.78, 5) is 31.3. The number of rotatable bonds is 1. The number of hydrogen-bond donors (Lipinski definition) is 3. The van der Waals surface area contributed by atoms with E-state index in [9.17, 15) is 9.59 Å². The number of ether oxygens (including phenoxy) is 1. The van der Waals surface area contributed by atoms with Gasteiger partial charge >= 0.3 is 6.09 Å². The number of alkyl carbamates (subject to hydrolysis) is 1. The van der Waals surface area contributed by atoms with Crippen LogP contribution in [0.5, 0.6) is 0 Å². The van der Waals surface area contributed by atoms with Crippen LogP contribution in [0.2, 0.25) is 0 Å². The van der Waals surface area contributed by atoms with Gasteiger partial charge in [-0.1, -0.05) is 0 Å². The topological polar surface area (TPSA) is 105 Å². The summed E-state index contributed by atoms with van der Waals surface area (Å²) in [5.41, 5.74) is -0.529. The Hall–Kier alpha value is -1.79. The normalized spacial score (nSPS) is 18.2. The summed E-state index contributed by atoms with van der Waals surface area (Å²) in [6.45, 7) is 7.03. The third-order valence-electron chi connectivity index (χ3n) is 1.74. The van der Waals surface area contributed by atoms with Crippen LogP contribution < -0.4 is 10.6 Å². The highest BCUT2D eigenvalue weighted by Crippen LogP contribution is 2.08. The smallest absolute Gasteiger partial charge is 0.408 e. The van der Waals surface area contributed by atoms with Gasteiger partial charge in [0.2, 0.25) is 5.91 Å². The molecule has 1 rings (SSSR count). The highest BCUT2D eigenvalue weighted by Gasteiger charge is 2.27. The molecule has 1 fully saturated rings. The van der Waals surface area contributed by atoms with E-state index < -0.39 is 23.7 Å². The molecule has 0 aliphatic carbocycles. The van der Waals surface area contributed by atoms with Crippen molar-refractivity contribution in [2.75, 3.05) is 6.54 Å². The highest BCUT2D eigenvalue weighted by atomic mass is 16.6. The Balaban J connectivity index is 0.000000631. The van der Waals surface area contributed by atoms with Crippen LogP contribution in [-0.2, 0) is 14.3 Å². The molecule has 0 aromatic heterocycles. The average Bonchev–Trinajstić information content (AvgIpc) is 2.47. The lowest BCUT2D eigenvalue weighted by Gasteiger charge is -2.20. The molecule has 0 spiro atoms. The molecule has 0 bridgehead atoms. The molecule has 7 heteroatoms. The first kappa shape index (κ1) is 16.2. The first-order chi connectivity index (χ1) is 8.11. The minimum atomic E-state index is -0.833. The van der Waals surface area contributed by atoms with E-state index in [1.165, 1.54) is 0 Å². The van der Waals surface area contributed by atoms with Crippen molar-refractivity contribution in [2.45, 2.75) is 45.8 Å². The van der Waals surface area contributed by atoms with Crippen LogP contribution in [0.1, 0.15) is 34.1 Å². The van der Waals surface area contributed by atoms with Crippen LogP contribution in [0.3, 0.4) is 0 Å². The predicted octanol–water partition coefficient (Wildman–Crippen LogP) is 0.491. The van der Waals surface area contributed by atoms with Gasteiger partial charge in [0.05, 0.1) is 0 Å². The van der Waals surface area contributed by atoms with Crippen LogP contribution >= 0.6 is 0 Å². The van der Waals surface area contributed by atoms with E-state index in [1.54, 1.807) is 20.8 Å². The second-order valence-electron chi connectivity index (χ2n) is 4.80. The Morgan fingerprint density at radius 1 is 1.44 bits per heavy atom. The van der Waals surface area contributed by atoms with E-state index in [0.717, 1.165) is 6.92 Å². The van der Waals surface area contributed by atoms with Crippen molar-refractivity contribution < 1.29 is 24.2 Å². The summed E-state index contributed by atoms with van der Waals surface area (Å²) in [5.74, 6) is -0.976. The highest BCUT2D eigenvalue weighted by molar-refractivity contribution is 5.87. The first-order valence-electron chi connectivity index (χ1n) is 5.58. The van der Waals surface area contributed by atoms with E-state index >= 15 is 0 Å². The Bertz CT molecular complexity index is 318. The Morgan fingerprint density at radius 2 is 1.94 bits per heavy atom. The van der Waals surface area contributed by atoms with E-state index in [-0.39, 0.29) is 5.91 Å². The monoisotopic (exact) mass is 260 g/mol. The van der Waals surface area contributed by atoms with Crippen molar-refractivity contribution in [3.63, 3.8) is 0 Å². The fraction of sp³-hybridized carbons (Fsp3) is 0.727. The largest absolute Gasteiger partial charge is 0.481 e. The average molecular weight is 260 g/mol. The van der Waals surface area contributed by atoms with Gasteiger partial charge in [-0.2, -0.15) is 0 Å². The van der Waals surface area contributed by atoms with Gasteiger partial charge in [-0.3, -0.25) is 9.59 Å². The number of carboxylic acid groups (broad SMARTS) is 1. The lowest BCUT2D eigenvalue weighted by molar-refractivity contribution is -0.134. The predicted molar refractivity (Wildman–Crippen MR) is 64.1 cm³/mol. The van der Waals surface area contributed by atoms with E-state index in [2.05, 4.69) is 10.6 Å². The second kappa shape index (κ2) is 6.83. The molecule has 2 amide bonds. The summed E-state index contributed by atoms with van der Waals surface area (Å²) in [6.07, 6.45) is 0.0810. The molecule has 1 aliphatic heterocycles. The summed E-state index contributed by atoms with van der Waals surface area (Å²) in [5, 5.41) is 12.6. The van der Waals surface area contributed by atoms with Crippen molar-refractivity contribution in [1.82, 2.24) is 10.6 Å². The number of carboxylic acids is 1. The van der Waals surface area contributed by atoms with Crippen molar-refractivity contribution >= 4 is 18.0 Å². The Labute approximate surface area is 106 Å². The number of nitrogens with one attached hydrogen (secondary N) is 2. The molecule has 0 radical (unpaired) electrons. The second-order valence-corrected chi connectivity index (χ2v) is 4.80. The van der Waals surface area contributed by atoms with Crippen molar-refractivity contribution in [3.8, 4) is 0 Å². The fourth-order valence-corrected chi connectivity index (χ4v) is 1.18. The van der Waals surface area contributed by atoms with Gasteiger partial charge in [-0.05, 0) is 27.2 Å². The third-order valence-corrected chi connectivity index (χ3v) is 1.74. The zero-order valence-corrected chi connectivity index (χ0v) is 11.1. The molecule has 18 heavy (non-hydrogen) atoms. The maximum atomic E-state index is 11.2. The molecule has 7 nitrogen and oxygen atoms in total. The summed E-state index contributed by atoms with van der Waals surface area (Å²) >= 11 is 0. The van der Waals surface area contributed by atoms with Crippen LogP contribution in [0.15, 0.2) is 0 Å². The van der Waals surface area contributed by atoms with Gasteiger partial charge in [-0.15, -0.1) is 0 Å². The van der Waals surface area contributed by atoms with E-state index in [0.29, 0.717) is 13.0 Å². The van der Waals surface area contributed by atoms with Crippen molar-refractivity contribution in [3.05, 3.63) is 0 Å². The molecular formula is C11H20N2O5. The summed E-state index contributed by atoms with van der Waals surface area (Å²) in [7, 11) is 0. The Morgan fingerprint density at radius 3 is 2.28 bits per heavy atom. The number of aliphatic carboxylic acids is 1. The lowest BCUT2D eigenvalue weighted by atomic mass is 10.2. The minimum Gasteiger partial charge on any atom is -0.481 e. The van der Waals surface area contributed by atoms with Crippen molar-refractivity contribution in [2.24, 2.45) is 0 Å². The molecule has 0 unspecified atom stereocenters. The zero-order valence-electron chi connectivity index (χ0n) is 11.1.